The molecular weight excluding hydrogens is 344 g/mol. The number of carbonyl (C=O) groups is 1. The maximum Gasteiger partial charge on any atom is 0.220 e. The van der Waals surface area contributed by atoms with Crippen molar-refractivity contribution in [2.75, 3.05) is 32.8 Å². The van der Waals surface area contributed by atoms with E-state index < -0.39 is 0 Å². The first-order chi connectivity index (χ1) is 10.5. The van der Waals surface area contributed by atoms with E-state index in [1.807, 2.05) is 12.1 Å². The molecule has 5 heteroatoms. The quantitative estimate of drug-likeness (QED) is 0.838. The van der Waals surface area contributed by atoms with Crippen LogP contribution in [0.1, 0.15) is 25.8 Å². The number of benzene rings is 1. The fourth-order valence-electron chi connectivity index (χ4n) is 2.63. The summed E-state index contributed by atoms with van der Waals surface area (Å²) in [5, 5.41) is 3.07. The van der Waals surface area contributed by atoms with Gasteiger partial charge >= 0.3 is 0 Å². The second-order valence-electron chi connectivity index (χ2n) is 6.32. The summed E-state index contributed by atoms with van der Waals surface area (Å²) in [6.07, 6.45) is 1.29. The molecule has 1 saturated heterocycles. The molecule has 0 saturated carbocycles. The van der Waals surface area contributed by atoms with Gasteiger partial charge in [-0.2, -0.15) is 0 Å². The summed E-state index contributed by atoms with van der Waals surface area (Å²) >= 11 is 3.45. The summed E-state index contributed by atoms with van der Waals surface area (Å²) < 4.78 is 6.44. The number of hydrogen-bond donors (Lipinski definition) is 1. The molecule has 1 fully saturated rings. The second-order valence-corrected chi connectivity index (χ2v) is 7.23. The van der Waals surface area contributed by atoms with Crippen LogP contribution in [0.25, 0.3) is 0 Å². The van der Waals surface area contributed by atoms with E-state index in [4.69, 9.17) is 4.74 Å². The third-order valence-electron chi connectivity index (χ3n) is 4.12. The number of nitrogens with one attached hydrogen (secondary N) is 1. The molecule has 0 bridgehead atoms. The van der Waals surface area contributed by atoms with E-state index >= 15 is 0 Å². The average molecular weight is 369 g/mol. The molecule has 0 aromatic heterocycles. The number of ether oxygens (including phenoxy) is 1. The maximum absolute atomic E-state index is 12.1. The molecule has 4 nitrogen and oxygen atoms in total. The lowest BCUT2D eigenvalue weighted by atomic mass is 10.0. The van der Waals surface area contributed by atoms with Crippen LogP contribution in [0.5, 0.6) is 0 Å². The zero-order valence-electron chi connectivity index (χ0n) is 13.4. The average Bonchev–Trinajstić information content (AvgIpc) is 2.52. The molecule has 0 unspecified atom stereocenters. The van der Waals surface area contributed by atoms with Gasteiger partial charge in [0.25, 0.3) is 0 Å². The van der Waals surface area contributed by atoms with Crippen LogP contribution in [0.2, 0.25) is 0 Å². The van der Waals surface area contributed by atoms with Gasteiger partial charge in [-0.15, -0.1) is 0 Å². The molecule has 0 radical (unpaired) electrons. The van der Waals surface area contributed by atoms with Gasteiger partial charge < -0.3 is 10.1 Å². The van der Waals surface area contributed by atoms with Gasteiger partial charge in [0.05, 0.1) is 13.2 Å². The second kappa shape index (κ2) is 8.09. The Morgan fingerprint density at radius 2 is 2.09 bits per heavy atom. The normalized spacial score (nSPS) is 16.5. The first-order valence-electron chi connectivity index (χ1n) is 7.81. The molecule has 1 aromatic rings. The minimum absolute atomic E-state index is 0.0325. The van der Waals surface area contributed by atoms with Gasteiger partial charge in [-0.25, -0.2) is 0 Å². The molecule has 1 aliphatic heterocycles. The van der Waals surface area contributed by atoms with Crippen molar-refractivity contribution in [3.63, 3.8) is 0 Å². The van der Waals surface area contributed by atoms with Crippen LogP contribution < -0.4 is 5.32 Å². The Morgan fingerprint density at radius 1 is 1.36 bits per heavy atom. The smallest absolute Gasteiger partial charge is 0.220 e. The number of nitrogens with zero attached hydrogens (tertiary/aromatic N) is 1. The van der Waals surface area contributed by atoms with Gasteiger partial charge in [-0.1, -0.05) is 28.1 Å². The van der Waals surface area contributed by atoms with E-state index in [0.29, 0.717) is 13.0 Å². The van der Waals surface area contributed by atoms with Crippen LogP contribution >= 0.6 is 15.9 Å². The Kier molecular flexibility index (Phi) is 6.41. The molecule has 122 valence electrons. The van der Waals surface area contributed by atoms with Crippen LogP contribution in [0.4, 0.5) is 0 Å². The third kappa shape index (κ3) is 5.38. The number of hydrogen-bond acceptors (Lipinski definition) is 3. The van der Waals surface area contributed by atoms with E-state index in [-0.39, 0.29) is 11.4 Å². The fraction of sp³-hybridized carbons (Fsp3) is 0.588. The van der Waals surface area contributed by atoms with E-state index in [1.165, 1.54) is 5.56 Å². The molecule has 0 aliphatic carbocycles. The van der Waals surface area contributed by atoms with Crippen molar-refractivity contribution in [3.8, 4) is 0 Å². The first kappa shape index (κ1) is 17.4. The number of morpholine rings is 1. The highest BCUT2D eigenvalue weighted by Crippen LogP contribution is 2.16. The van der Waals surface area contributed by atoms with Gasteiger partial charge in [0.2, 0.25) is 5.91 Å². The minimum Gasteiger partial charge on any atom is -0.379 e. The van der Waals surface area contributed by atoms with Gasteiger partial charge in [0.1, 0.15) is 0 Å². The number of amides is 1. The van der Waals surface area contributed by atoms with Crippen LogP contribution in [-0.2, 0) is 16.0 Å². The molecule has 0 spiro atoms. The van der Waals surface area contributed by atoms with Gasteiger partial charge in [-0.3, -0.25) is 9.69 Å². The highest BCUT2D eigenvalue weighted by Gasteiger charge is 2.28. The van der Waals surface area contributed by atoms with E-state index in [0.717, 1.165) is 37.2 Å². The summed E-state index contributed by atoms with van der Waals surface area (Å²) in [5.74, 6) is 0.112. The summed E-state index contributed by atoms with van der Waals surface area (Å²) in [6, 6.07) is 8.11. The van der Waals surface area contributed by atoms with Crippen LogP contribution in [0.15, 0.2) is 28.7 Å². The van der Waals surface area contributed by atoms with Crippen molar-refractivity contribution in [1.82, 2.24) is 10.2 Å². The molecule has 22 heavy (non-hydrogen) atoms. The first-order valence-corrected chi connectivity index (χ1v) is 8.61. The van der Waals surface area contributed by atoms with E-state index in [2.05, 4.69) is 52.1 Å². The molecule has 1 aliphatic rings. The summed E-state index contributed by atoms with van der Waals surface area (Å²) in [5.41, 5.74) is 1.15. The number of aryl methyl sites for hydroxylation is 1. The predicted octanol–water partition coefficient (Wildman–Crippen LogP) is 2.61. The lowest BCUT2D eigenvalue weighted by molar-refractivity contribution is -0.121. The SMILES string of the molecule is CC(C)(CNC(=O)CCc1cccc(Br)c1)N1CCOCC1. The van der Waals surface area contributed by atoms with E-state index in [9.17, 15) is 4.79 Å². The maximum atomic E-state index is 12.1. The Morgan fingerprint density at radius 3 is 2.77 bits per heavy atom. The summed E-state index contributed by atoms with van der Waals surface area (Å²) in [6.45, 7) is 8.44. The van der Waals surface area contributed by atoms with Crippen molar-refractivity contribution >= 4 is 21.8 Å². The predicted molar refractivity (Wildman–Crippen MR) is 91.9 cm³/mol. The summed E-state index contributed by atoms with van der Waals surface area (Å²) in [4.78, 5) is 14.4. The zero-order valence-corrected chi connectivity index (χ0v) is 15.0. The summed E-state index contributed by atoms with van der Waals surface area (Å²) in [7, 11) is 0. The van der Waals surface area contributed by atoms with Crippen molar-refractivity contribution in [2.24, 2.45) is 0 Å². The van der Waals surface area contributed by atoms with Crippen molar-refractivity contribution < 1.29 is 9.53 Å². The minimum atomic E-state index is -0.0325. The highest BCUT2D eigenvalue weighted by molar-refractivity contribution is 9.10. The van der Waals surface area contributed by atoms with Gasteiger partial charge in [0.15, 0.2) is 0 Å². The molecular formula is C17H25BrN2O2. The molecule has 2 rings (SSSR count). The molecule has 0 atom stereocenters. The molecule has 1 amide bonds. The fourth-order valence-corrected chi connectivity index (χ4v) is 3.08. The molecule has 1 aromatic carbocycles. The number of rotatable bonds is 6. The van der Waals surface area contributed by atoms with Gasteiger partial charge in [0, 0.05) is 36.1 Å². The standard InChI is InChI=1S/C17H25BrN2O2/c1-17(2,20-8-10-22-11-9-20)13-19-16(21)7-6-14-4-3-5-15(18)12-14/h3-5,12H,6-11,13H2,1-2H3,(H,19,21). The van der Waals surface area contributed by atoms with Crippen LogP contribution in [0.3, 0.4) is 0 Å². The zero-order chi connectivity index (χ0) is 16.0. The topological polar surface area (TPSA) is 41.6 Å². The van der Waals surface area contributed by atoms with Crippen molar-refractivity contribution in [1.29, 1.82) is 0 Å². The Hall–Kier alpha value is -0.910. The van der Waals surface area contributed by atoms with Crippen molar-refractivity contribution in [2.45, 2.75) is 32.2 Å². The lowest BCUT2D eigenvalue weighted by Crippen LogP contribution is -2.55. The van der Waals surface area contributed by atoms with Crippen LogP contribution in [0, 0.1) is 0 Å². The monoisotopic (exact) mass is 368 g/mol. The highest BCUT2D eigenvalue weighted by atomic mass is 79.9. The Bertz CT molecular complexity index is 499. The molecule has 1 N–H and O–H groups in total. The Labute approximate surface area is 141 Å². The number of halogens is 1. The lowest BCUT2D eigenvalue weighted by Gasteiger charge is -2.40. The van der Waals surface area contributed by atoms with Crippen molar-refractivity contribution in [3.05, 3.63) is 34.3 Å². The number of carbonyl (C=O) groups excluding carboxylic acids is 1. The Balaban J connectivity index is 1.74. The third-order valence-corrected chi connectivity index (χ3v) is 4.61. The van der Waals surface area contributed by atoms with Gasteiger partial charge in [-0.05, 0) is 38.0 Å². The largest absolute Gasteiger partial charge is 0.379 e. The van der Waals surface area contributed by atoms with E-state index in [1.54, 1.807) is 0 Å². The van der Waals surface area contributed by atoms with Crippen LogP contribution in [-0.4, -0.2) is 49.2 Å². The molecule has 1 heterocycles.